The van der Waals surface area contributed by atoms with Gasteiger partial charge in [0.2, 0.25) is 0 Å². The highest BCUT2D eigenvalue weighted by molar-refractivity contribution is 7.86. The molecule has 110 valence electrons. The molecule has 2 aromatic carbocycles. The molecule has 3 aromatic rings. The summed E-state index contributed by atoms with van der Waals surface area (Å²) in [6.07, 6.45) is 0. The molecule has 6 nitrogen and oxygen atoms in total. The highest BCUT2D eigenvalue weighted by Crippen LogP contribution is 2.40. The van der Waals surface area contributed by atoms with Crippen molar-refractivity contribution in [3.05, 3.63) is 36.4 Å². The molecule has 0 aliphatic heterocycles. The Bertz CT molecular complexity index is 991. The molecule has 0 fully saturated rings. The normalized spacial score (nSPS) is 13.0. The van der Waals surface area contributed by atoms with Crippen LogP contribution in [0.15, 0.2) is 46.2 Å². The molecule has 2 N–H and O–H groups in total. The van der Waals surface area contributed by atoms with Crippen LogP contribution in [-0.4, -0.2) is 25.9 Å². The third kappa shape index (κ3) is 2.32. The van der Waals surface area contributed by atoms with Crippen LogP contribution in [0.25, 0.3) is 20.2 Å². The van der Waals surface area contributed by atoms with Gasteiger partial charge in [0, 0.05) is 20.2 Å². The van der Waals surface area contributed by atoms with E-state index in [1.54, 1.807) is 12.1 Å². The fourth-order valence-electron chi connectivity index (χ4n) is 2.23. The minimum absolute atomic E-state index is 0.0909. The smallest absolute Gasteiger partial charge is 0.282 e. The predicted octanol–water partition coefficient (Wildman–Crippen LogP) is 2.55. The Morgan fingerprint density at radius 1 is 0.714 bits per heavy atom. The van der Waals surface area contributed by atoms with Gasteiger partial charge in [0.25, 0.3) is 20.2 Å². The van der Waals surface area contributed by atoms with Crippen molar-refractivity contribution in [1.82, 2.24) is 0 Å². The van der Waals surface area contributed by atoms with Gasteiger partial charge in [-0.15, -0.1) is 11.3 Å². The Morgan fingerprint density at radius 2 is 1.10 bits per heavy atom. The minimum Gasteiger partial charge on any atom is -0.282 e. The van der Waals surface area contributed by atoms with Crippen LogP contribution in [0.1, 0.15) is 0 Å². The van der Waals surface area contributed by atoms with Crippen LogP contribution in [0.2, 0.25) is 0 Å². The molecule has 3 rings (SSSR count). The third-order valence-corrected chi connectivity index (χ3v) is 5.91. The molecule has 0 amide bonds. The van der Waals surface area contributed by atoms with E-state index in [0.29, 0.717) is 9.40 Å². The fraction of sp³-hybridized carbons (Fsp3) is 0. The number of hydrogen-bond donors (Lipinski definition) is 2. The van der Waals surface area contributed by atoms with Crippen LogP contribution < -0.4 is 0 Å². The van der Waals surface area contributed by atoms with Gasteiger partial charge < -0.3 is 0 Å². The molecule has 0 unspecified atom stereocenters. The van der Waals surface area contributed by atoms with Crippen molar-refractivity contribution in [2.45, 2.75) is 9.79 Å². The number of fused-ring (bicyclic) bond motifs is 3. The number of benzene rings is 2. The molecule has 21 heavy (non-hydrogen) atoms. The molecule has 1 heterocycles. The number of hydrogen-bond acceptors (Lipinski definition) is 5. The van der Waals surface area contributed by atoms with Crippen molar-refractivity contribution in [3.8, 4) is 0 Å². The lowest BCUT2D eigenvalue weighted by atomic mass is 10.1. The van der Waals surface area contributed by atoms with E-state index in [-0.39, 0.29) is 20.6 Å². The van der Waals surface area contributed by atoms with E-state index in [9.17, 15) is 25.9 Å². The number of rotatable bonds is 2. The Hall–Kier alpha value is -1.52. The predicted molar refractivity (Wildman–Crippen MR) is 79.0 cm³/mol. The van der Waals surface area contributed by atoms with Crippen molar-refractivity contribution in [2.24, 2.45) is 0 Å². The summed E-state index contributed by atoms with van der Waals surface area (Å²) in [5.41, 5.74) is 0. The van der Waals surface area contributed by atoms with E-state index in [4.69, 9.17) is 0 Å². The Labute approximate surface area is 124 Å². The third-order valence-electron chi connectivity index (χ3n) is 3.00. The van der Waals surface area contributed by atoms with Gasteiger partial charge >= 0.3 is 0 Å². The monoisotopic (exact) mass is 344 g/mol. The Kier molecular flexibility index (Phi) is 3.08. The van der Waals surface area contributed by atoms with Gasteiger partial charge in [-0.2, -0.15) is 16.8 Å². The van der Waals surface area contributed by atoms with Crippen molar-refractivity contribution in [1.29, 1.82) is 0 Å². The topological polar surface area (TPSA) is 109 Å². The van der Waals surface area contributed by atoms with Crippen LogP contribution in [0.3, 0.4) is 0 Å². The van der Waals surface area contributed by atoms with E-state index in [2.05, 4.69) is 0 Å². The SMILES string of the molecule is O=S(=O)(O)c1cccc2sc3cccc(S(=O)(=O)O)c3c12. The highest BCUT2D eigenvalue weighted by Gasteiger charge is 2.23. The minimum atomic E-state index is -4.52. The van der Waals surface area contributed by atoms with Gasteiger partial charge in [0.15, 0.2) is 0 Å². The fourth-order valence-corrected chi connectivity index (χ4v) is 4.96. The van der Waals surface area contributed by atoms with Crippen molar-refractivity contribution in [3.63, 3.8) is 0 Å². The van der Waals surface area contributed by atoms with E-state index in [1.165, 1.54) is 35.6 Å². The summed E-state index contributed by atoms with van der Waals surface area (Å²) in [5.74, 6) is 0. The molecule has 0 radical (unpaired) electrons. The highest BCUT2D eigenvalue weighted by atomic mass is 32.2. The van der Waals surface area contributed by atoms with E-state index < -0.39 is 20.2 Å². The molecule has 1 aromatic heterocycles. The largest absolute Gasteiger partial charge is 0.295 e. The van der Waals surface area contributed by atoms with E-state index in [1.807, 2.05) is 0 Å². The van der Waals surface area contributed by atoms with Gasteiger partial charge in [-0.1, -0.05) is 12.1 Å². The van der Waals surface area contributed by atoms with Crippen LogP contribution in [-0.2, 0) is 20.2 Å². The Morgan fingerprint density at radius 3 is 1.43 bits per heavy atom. The summed E-state index contributed by atoms with van der Waals surface area (Å²) in [7, 11) is -9.05. The lowest BCUT2D eigenvalue weighted by Crippen LogP contribution is -2.01. The average Bonchev–Trinajstić information content (AvgIpc) is 2.74. The first-order valence-electron chi connectivity index (χ1n) is 5.59. The zero-order valence-corrected chi connectivity index (χ0v) is 12.7. The standard InChI is InChI=1S/C12H8O6S3/c13-20(14,15)9-5-1-3-7-11(9)12-8(19-7)4-2-6-10(12)21(16,17)18/h1-6H,(H,13,14,15)(H,16,17,18). The summed E-state index contributed by atoms with van der Waals surface area (Å²) in [4.78, 5) is -0.773. The van der Waals surface area contributed by atoms with Gasteiger partial charge in [-0.25, -0.2) is 0 Å². The lowest BCUT2D eigenvalue weighted by Gasteiger charge is -2.03. The molecule has 0 spiro atoms. The van der Waals surface area contributed by atoms with E-state index in [0.717, 1.165) is 0 Å². The molecule has 0 aliphatic carbocycles. The summed E-state index contributed by atoms with van der Waals surface area (Å²) >= 11 is 1.17. The second-order valence-electron chi connectivity index (χ2n) is 4.31. The summed E-state index contributed by atoms with van der Waals surface area (Å²) in [6.45, 7) is 0. The van der Waals surface area contributed by atoms with Gasteiger partial charge in [0.1, 0.15) is 9.79 Å². The van der Waals surface area contributed by atoms with Gasteiger partial charge in [0.05, 0.1) is 0 Å². The average molecular weight is 344 g/mol. The van der Waals surface area contributed by atoms with Crippen LogP contribution in [0, 0.1) is 0 Å². The van der Waals surface area contributed by atoms with Crippen LogP contribution in [0.4, 0.5) is 0 Å². The molecule has 0 bridgehead atoms. The summed E-state index contributed by atoms with van der Waals surface area (Å²) in [6, 6.07) is 8.50. The first-order valence-corrected chi connectivity index (χ1v) is 9.28. The van der Waals surface area contributed by atoms with Gasteiger partial charge in [-0.3, -0.25) is 9.11 Å². The molecular weight excluding hydrogens is 336 g/mol. The van der Waals surface area contributed by atoms with Crippen molar-refractivity contribution >= 4 is 51.7 Å². The van der Waals surface area contributed by atoms with Crippen molar-refractivity contribution in [2.75, 3.05) is 0 Å². The molecule has 0 aliphatic rings. The zero-order valence-electron chi connectivity index (χ0n) is 10.2. The molecule has 0 saturated heterocycles. The van der Waals surface area contributed by atoms with Gasteiger partial charge in [-0.05, 0) is 24.3 Å². The maximum absolute atomic E-state index is 11.5. The first kappa shape index (κ1) is 14.4. The lowest BCUT2D eigenvalue weighted by molar-refractivity contribution is 0.481. The molecule has 0 atom stereocenters. The summed E-state index contributed by atoms with van der Waals surface area (Å²) < 4.78 is 65.6. The van der Waals surface area contributed by atoms with Crippen molar-refractivity contribution < 1.29 is 25.9 Å². The first-order chi connectivity index (χ1) is 9.69. The molecule has 0 saturated carbocycles. The molecule has 9 heteroatoms. The summed E-state index contributed by atoms with van der Waals surface area (Å²) in [5, 5.41) is 0.182. The van der Waals surface area contributed by atoms with Crippen LogP contribution in [0.5, 0.6) is 0 Å². The maximum Gasteiger partial charge on any atom is 0.295 e. The second kappa shape index (κ2) is 4.49. The molecular formula is C12H8O6S3. The van der Waals surface area contributed by atoms with Crippen LogP contribution >= 0.6 is 11.3 Å². The Balaban J connectivity index is 2.68. The zero-order chi connectivity index (χ0) is 15.4. The quantitative estimate of drug-likeness (QED) is 0.692. The second-order valence-corrected chi connectivity index (χ2v) is 8.17. The van der Waals surface area contributed by atoms with E-state index >= 15 is 0 Å². The number of thiophene rings is 1. The maximum atomic E-state index is 11.5.